The number of hydrogen-bond donors (Lipinski definition) is 2. The largest absolute Gasteiger partial charge is 0.504 e. The van der Waals surface area contributed by atoms with E-state index in [0.29, 0.717) is 37.9 Å². The Kier molecular flexibility index (Phi) is 9.44. The predicted octanol–water partition coefficient (Wildman–Crippen LogP) is 8.07. The van der Waals surface area contributed by atoms with Gasteiger partial charge in [-0.3, -0.25) is 29.5 Å². The molecule has 2 aliphatic carbocycles. The summed E-state index contributed by atoms with van der Waals surface area (Å²) in [6.45, 7) is 0.0503. The summed E-state index contributed by atoms with van der Waals surface area (Å²) in [6, 6.07) is 19.2. The number of aromatic hydroxyl groups is 1. The first-order chi connectivity index (χ1) is 26.7. The summed E-state index contributed by atoms with van der Waals surface area (Å²) >= 11 is 16.1. The zero-order valence-electron chi connectivity index (χ0n) is 29.2. The number of imide groups is 2. The van der Waals surface area contributed by atoms with Crippen LogP contribution in [0.3, 0.4) is 0 Å². The third kappa shape index (κ3) is 5.87. The maximum atomic E-state index is 15.4. The van der Waals surface area contributed by atoms with Gasteiger partial charge in [0.1, 0.15) is 0 Å². The Balaban J connectivity index is 1.32. The molecule has 2 saturated heterocycles. The van der Waals surface area contributed by atoms with Gasteiger partial charge in [-0.15, -0.1) is 0 Å². The van der Waals surface area contributed by atoms with Crippen LogP contribution < -0.4 is 10.2 Å². The number of phenolic OH excluding ortho intramolecular Hbond substituents is 1. The van der Waals surface area contributed by atoms with Gasteiger partial charge in [0, 0.05) is 27.2 Å². The van der Waals surface area contributed by atoms with Crippen molar-refractivity contribution < 1.29 is 42.2 Å². The smallest absolute Gasteiger partial charge is 0.417 e. The van der Waals surface area contributed by atoms with Crippen molar-refractivity contribution in [2.45, 2.75) is 36.9 Å². The summed E-state index contributed by atoms with van der Waals surface area (Å²) in [4.78, 5) is 63.8. The normalized spacial score (nSPS) is 25.8. The number of aromatic nitrogens is 1. The molecule has 2 aliphatic heterocycles. The second kappa shape index (κ2) is 13.9. The Bertz CT molecular complexity index is 2350. The zero-order valence-corrected chi connectivity index (χ0v) is 32.3. The van der Waals surface area contributed by atoms with E-state index in [0.717, 1.165) is 5.56 Å². The zero-order chi connectivity index (χ0) is 39.8. The highest BCUT2D eigenvalue weighted by Gasteiger charge is 2.70. The van der Waals surface area contributed by atoms with E-state index in [-0.39, 0.29) is 48.2 Å². The summed E-state index contributed by atoms with van der Waals surface area (Å²) in [6.07, 6.45) is -2.34. The first kappa shape index (κ1) is 38.0. The number of amides is 4. The molecule has 0 unspecified atom stereocenters. The molecule has 4 amide bonds. The van der Waals surface area contributed by atoms with Crippen LogP contribution in [0.25, 0.3) is 0 Å². The molecule has 1 saturated carbocycles. The fourth-order valence-electron chi connectivity index (χ4n) is 9.08. The Morgan fingerprint density at radius 2 is 1.70 bits per heavy atom. The summed E-state index contributed by atoms with van der Waals surface area (Å²) in [5, 5.41) is 12.4. The fraction of sp³-hybridized carbons (Fsp3) is 0.275. The van der Waals surface area contributed by atoms with Crippen LogP contribution in [-0.2, 0) is 37.3 Å². The van der Waals surface area contributed by atoms with Crippen LogP contribution in [0, 0.1) is 23.7 Å². The number of nitrogens with zero attached hydrogens (tertiary/aromatic N) is 3. The predicted molar refractivity (Wildman–Crippen MR) is 201 cm³/mol. The first-order valence-electron chi connectivity index (χ1n) is 17.5. The van der Waals surface area contributed by atoms with Crippen molar-refractivity contribution in [3.63, 3.8) is 0 Å². The summed E-state index contributed by atoms with van der Waals surface area (Å²) in [5.74, 6) is -7.83. The van der Waals surface area contributed by atoms with Crippen molar-refractivity contribution in [2.24, 2.45) is 23.7 Å². The quantitative estimate of drug-likeness (QED) is 0.141. The van der Waals surface area contributed by atoms with Gasteiger partial charge in [-0.25, -0.2) is 4.98 Å². The van der Waals surface area contributed by atoms with Crippen LogP contribution in [0.15, 0.2) is 95.1 Å². The van der Waals surface area contributed by atoms with E-state index in [9.17, 15) is 32.7 Å². The number of pyridine rings is 1. The summed E-state index contributed by atoms with van der Waals surface area (Å²) in [5.41, 5.74) is 1.46. The average molecular weight is 871 g/mol. The van der Waals surface area contributed by atoms with Crippen molar-refractivity contribution in [3.05, 3.63) is 127 Å². The number of halogens is 6. The molecule has 0 radical (unpaired) electrons. The molecule has 16 heteroatoms. The molecule has 10 nitrogen and oxygen atoms in total. The van der Waals surface area contributed by atoms with E-state index in [2.05, 4.69) is 26.3 Å². The molecule has 4 aromatic rings. The van der Waals surface area contributed by atoms with Crippen LogP contribution >= 0.6 is 39.1 Å². The van der Waals surface area contributed by atoms with Crippen LogP contribution in [0.2, 0.25) is 10.0 Å². The number of hydrogen-bond acceptors (Lipinski definition) is 8. The standard InChI is InChI=1S/C40H30BrCl2F3N4O6/c1-56-30-15-22(41)14-27(33(30)51)32-24-11-12-25-31(37(54)49(35(25)52)18-19-5-3-2-4-6-19)26(24)16-28-36(53)50(38(55)39(28,32)20-7-9-23(42)10-8-20)48-34-29(43)13-21(17-47-34)40(44,45)46/h2-11,13-15,17,25-26,28,31-32,51H,12,16,18H2,1H3,(H,47,48)/t25-,26+,28-,31-,32+,39+/m0/s1. The highest BCUT2D eigenvalue weighted by atomic mass is 79.9. The maximum Gasteiger partial charge on any atom is 0.417 e. The van der Waals surface area contributed by atoms with Gasteiger partial charge in [-0.2, -0.15) is 18.2 Å². The fourth-order valence-corrected chi connectivity index (χ4v) is 9.87. The van der Waals surface area contributed by atoms with E-state index in [1.807, 2.05) is 36.4 Å². The maximum absolute atomic E-state index is 15.4. The molecular formula is C40H30BrCl2F3N4O6. The molecule has 56 heavy (non-hydrogen) atoms. The van der Waals surface area contributed by atoms with Gasteiger partial charge in [0.25, 0.3) is 11.8 Å². The number of nitrogens with one attached hydrogen (secondary N) is 1. The van der Waals surface area contributed by atoms with Gasteiger partial charge in [0.2, 0.25) is 11.8 Å². The molecular weight excluding hydrogens is 840 g/mol. The molecule has 0 spiro atoms. The first-order valence-corrected chi connectivity index (χ1v) is 19.0. The van der Waals surface area contributed by atoms with Crippen molar-refractivity contribution >= 4 is 68.6 Å². The number of fused-ring (bicyclic) bond motifs is 4. The number of alkyl halides is 3. The van der Waals surface area contributed by atoms with E-state index >= 15 is 4.79 Å². The molecule has 8 rings (SSSR count). The highest BCUT2D eigenvalue weighted by molar-refractivity contribution is 9.10. The van der Waals surface area contributed by atoms with Crippen molar-refractivity contribution in [1.82, 2.24) is 14.9 Å². The number of ether oxygens (including phenoxy) is 1. The second-order valence-electron chi connectivity index (χ2n) is 14.2. The lowest BCUT2D eigenvalue weighted by Gasteiger charge is -2.50. The number of phenols is 1. The number of methoxy groups -OCH3 is 1. The molecule has 3 aromatic carbocycles. The molecule has 0 bridgehead atoms. The summed E-state index contributed by atoms with van der Waals surface area (Å²) < 4.78 is 46.5. The molecule has 2 N–H and O–H groups in total. The topological polar surface area (TPSA) is 129 Å². The number of likely N-dealkylation sites (tertiary alicyclic amines) is 1. The monoisotopic (exact) mass is 868 g/mol. The Morgan fingerprint density at radius 3 is 2.36 bits per heavy atom. The van der Waals surface area contributed by atoms with E-state index in [1.165, 1.54) is 18.1 Å². The Labute approximate surface area is 336 Å². The second-order valence-corrected chi connectivity index (χ2v) is 16.0. The van der Waals surface area contributed by atoms with Gasteiger partial charge >= 0.3 is 6.18 Å². The van der Waals surface area contributed by atoms with Crippen LogP contribution in [0.4, 0.5) is 19.0 Å². The van der Waals surface area contributed by atoms with Gasteiger partial charge in [-0.1, -0.05) is 93.2 Å². The molecule has 3 heterocycles. The van der Waals surface area contributed by atoms with Crippen LogP contribution in [0.5, 0.6) is 11.5 Å². The van der Waals surface area contributed by atoms with Gasteiger partial charge < -0.3 is 9.84 Å². The van der Waals surface area contributed by atoms with Crippen molar-refractivity contribution in [1.29, 1.82) is 0 Å². The molecule has 288 valence electrons. The van der Waals surface area contributed by atoms with Gasteiger partial charge in [0.15, 0.2) is 17.3 Å². The van der Waals surface area contributed by atoms with Crippen LogP contribution in [0.1, 0.15) is 41.0 Å². The number of carbonyl (C=O) groups excluding carboxylic acids is 4. The number of hydrazine groups is 1. The minimum absolute atomic E-state index is 0.0503. The lowest BCUT2D eigenvalue weighted by molar-refractivity contribution is -0.142. The minimum atomic E-state index is -4.76. The number of rotatable bonds is 7. The van der Waals surface area contributed by atoms with E-state index in [1.54, 1.807) is 30.3 Å². The van der Waals surface area contributed by atoms with Crippen LogP contribution in [-0.4, -0.2) is 50.7 Å². The molecule has 4 aliphatic rings. The van der Waals surface area contributed by atoms with E-state index < -0.39 is 69.5 Å². The van der Waals surface area contributed by atoms with E-state index in [4.69, 9.17) is 27.9 Å². The Morgan fingerprint density at radius 1 is 0.982 bits per heavy atom. The third-order valence-corrected chi connectivity index (χ3v) is 12.4. The lowest BCUT2D eigenvalue weighted by Crippen LogP contribution is -2.53. The van der Waals surface area contributed by atoms with Crippen molar-refractivity contribution in [2.75, 3.05) is 12.5 Å². The molecule has 3 fully saturated rings. The third-order valence-electron chi connectivity index (χ3n) is 11.4. The minimum Gasteiger partial charge on any atom is -0.504 e. The van der Waals surface area contributed by atoms with Gasteiger partial charge in [0.05, 0.1) is 47.4 Å². The highest BCUT2D eigenvalue weighted by Crippen LogP contribution is 2.65. The average Bonchev–Trinajstić information content (AvgIpc) is 3.53. The number of anilines is 1. The molecule has 1 aromatic heterocycles. The molecule has 6 atom stereocenters. The summed E-state index contributed by atoms with van der Waals surface area (Å²) in [7, 11) is 1.36. The number of benzene rings is 3. The number of allylic oxidation sites excluding steroid dienone is 2. The Hall–Kier alpha value is -4.92. The van der Waals surface area contributed by atoms with Crippen molar-refractivity contribution in [3.8, 4) is 11.5 Å². The number of carbonyl (C=O) groups is 4. The van der Waals surface area contributed by atoms with Gasteiger partial charge in [-0.05, 0) is 60.2 Å². The SMILES string of the molecule is COc1cc(Br)cc([C@H]2C3=CC[C@@H]4C(=O)N(Cc5ccccc5)C(=O)[C@@H]4[C@@H]3C[C@H]3C(=O)N(Nc4ncc(C(F)(F)F)cc4Cl)C(=O)[C@@]23c2ccc(Cl)cc2)c1O. The lowest BCUT2D eigenvalue weighted by atomic mass is 9.49.